The van der Waals surface area contributed by atoms with Crippen molar-refractivity contribution in [3.05, 3.63) is 57.8 Å². The molecule has 0 amide bonds. The maximum absolute atomic E-state index is 6.09. The van der Waals surface area contributed by atoms with Crippen LogP contribution in [0.5, 0.6) is 0 Å². The van der Waals surface area contributed by atoms with E-state index >= 15 is 0 Å². The van der Waals surface area contributed by atoms with Crippen LogP contribution in [0.2, 0.25) is 10.0 Å². The lowest BCUT2D eigenvalue weighted by Gasteiger charge is -2.13. The number of halogens is 2. The predicted octanol–water partition coefficient (Wildman–Crippen LogP) is 5.21. The van der Waals surface area contributed by atoms with Gasteiger partial charge in [0, 0.05) is 40.6 Å². The first-order valence-corrected chi connectivity index (χ1v) is 10.2. The molecular formula is C21H20Cl2N4O. The number of hydrogen-bond acceptors (Lipinski definition) is 5. The molecule has 0 N–H and O–H groups in total. The van der Waals surface area contributed by atoms with Gasteiger partial charge in [-0.05, 0) is 73.4 Å². The zero-order valence-electron chi connectivity index (χ0n) is 15.5. The molecule has 1 aromatic carbocycles. The van der Waals surface area contributed by atoms with Crippen LogP contribution in [-0.4, -0.2) is 28.2 Å². The third-order valence-electron chi connectivity index (χ3n) is 5.99. The van der Waals surface area contributed by atoms with Gasteiger partial charge in [0.15, 0.2) is 0 Å². The van der Waals surface area contributed by atoms with Crippen molar-refractivity contribution in [3.63, 3.8) is 0 Å². The Kier molecular flexibility index (Phi) is 4.33. The number of benzene rings is 1. The van der Waals surface area contributed by atoms with E-state index in [4.69, 9.17) is 27.7 Å². The SMILES string of the molecule is Cc1cc(CC2CC23CCN(c2nc(-c4cc(Cl)cc(Cl)c4)no2)C3)ccn1. The maximum atomic E-state index is 6.09. The van der Waals surface area contributed by atoms with Crippen LogP contribution in [0.4, 0.5) is 6.01 Å². The molecule has 1 saturated heterocycles. The number of aromatic nitrogens is 3. The maximum Gasteiger partial charge on any atom is 0.324 e. The molecule has 1 saturated carbocycles. The molecule has 0 radical (unpaired) electrons. The van der Waals surface area contributed by atoms with Crippen molar-refractivity contribution in [1.82, 2.24) is 15.1 Å². The standard InChI is InChI=1S/C21H20Cl2N4O/c1-13-6-14(2-4-24-13)7-16-11-21(16)3-5-27(12-21)20-25-19(26-28-20)15-8-17(22)10-18(23)9-15/h2,4,6,8-10,16H,3,5,7,11-12H2,1H3. The Morgan fingerprint density at radius 3 is 2.82 bits per heavy atom. The predicted molar refractivity (Wildman–Crippen MR) is 110 cm³/mol. The summed E-state index contributed by atoms with van der Waals surface area (Å²) in [5.41, 5.74) is 3.61. The summed E-state index contributed by atoms with van der Waals surface area (Å²) in [6.07, 6.45) is 5.45. The van der Waals surface area contributed by atoms with Gasteiger partial charge in [-0.3, -0.25) is 4.98 Å². The highest BCUT2D eigenvalue weighted by Gasteiger charge is 2.57. The Hall–Kier alpha value is -2.11. The summed E-state index contributed by atoms with van der Waals surface area (Å²) in [7, 11) is 0. The zero-order valence-corrected chi connectivity index (χ0v) is 17.0. The van der Waals surface area contributed by atoms with Gasteiger partial charge < -0.3 is 9.42 Å². The van der Waals surface area contributed by atoms with Gasteiger partial charge in [0.2, 0.25) is 5.82 Å². The summed E-state index contributed by atoms with van der Waals surface area (Å²) in [6.45, 7) is 3.97. The van der Waals surface area contributed by atoms with Gasteiger partial charge in [0.25, 0.3) is 0 Å². The highest BCUT2D eigenvalue weighted by atomic mass is 35.5. The molecule has 5 nitrogen and oxygen atoms in total. The Labute approximate surface area is 173 Å². The summed E-state index contributed by atoms with van der Waals surface area (Å²) >= 11 is 12.2. The largest absolute Gasteiger partial charge is 0.324 e. The van der Waals surface area contributed by atoms with E-state index in [2.05, 4.69) is 32.2 Å². The van der Waals surface area contributed by atoms with E-state index in [1.54, 1.807) is 18.2 Å². The number of aryl methyl sites for hydroxylation is 1. The highest BCUT2D eigenvalue weighted by molar-refractivity contribution is 6.35. The van der Waals surface area contributed by atoms with E-state index in [-0.39, 0.29) is 0 Å². The van der Waals surface area contributed by atoms with Crippen LogP contribution in [0.3, 0.4) is 0 Å². The second-order valence-electron chi connectivity index (χ2n) is 8.00. The molecule has 7 heteroatoms. The molecule has 5 rings (SSSR count). The summed E-state index contributed by atoms with van der Waals surface area (Å²) in [5, 5.41) is 5.24. The van der Waals surface area contributed by atoms with Crippen molar-refractivity contribution in [3.8, 4) is 11.4 Å². The quantitative estimate of drug-likeness (QED) is 0.586. The van der Waals surface area contributed by atoms with Crippen LogP contribution >= 0.6 is 23.2 Å². The third-order valence-corrected chi connectivity index (χ3v) is 6.43. The molecule has 3 aromatic rings. The Morgan fingerprint density at radius 2 is 2.04 bits per heavy atom. The lowest BCUT2D eigenvalue weighted by atomic mass is 9.98. The number of hydrogen-bond donors (Lipinski definition) is 0. The van der Waals surface area contributed by atoms with E-state index < -0.39 is 0 Å². The lowest BCUT2D eigenvalue weighted by Crippen LogP contribution is -2.21. The topological polar surface area (TPSA) is 55.1 Å². The molecule has 0 bridgehead atoms. The molecule has 1 spiro atoms. The van der Waals surface area contributed by atoms with E-state index in [1.807, 2.05) is 13.1 Å². The first-order chi connectivity index (χ1) is 13.5. The van der Waals surface area contributed by atoms with Crippen LogP contribution in [0, 0.1) is 18.3 Å². The molecule has 2 fully saturated rings. The van der Waals surface area contributed by atoms with Crippen LogP contribution in [-0.2, 0) is 6.42 Å². The van der Waals surface area contributed by atoms with Crippen molar-refractivity contribution in [2.45, 2.75) is 26.2 Å². The molecule has 2 atom stereocenters. The molecule has 3 heterocycles. The Balaban J connectivity index is 1.28. The number of rotatable bonds is 4. The van der Waals surface area contributed by atoms with Crippen LogP contribution in [0.1, 0.15) is 24.1 Å². The molecular weight excluding hydrogens is 395 g/mol. The smallest absolute Gasteiger partial charge is 0.324 e. The normalized spacial score (nSPS) is 23.5. The van der Waals surface area contributed by atoms with Gasteiger partial charge in [-0.1, -0.05) is 28.4 Å². The second-order valence-corrected chi connectivity index (χ2v) is 8.88. The number of pyridine rings is 1. The molecule has 2 aromatic heterocycles. The Bertz CT molecular complexity index is 1020. The molecule has 1 aliphatic carbocycles. The highest BCUT2D eigenvalue weighted by Crippen LogP contribution is 2.60. The zero-order chi connectivity index (χ0) is 19.3. The minimum Gasteiger partial charge on any atom is -0.324 e. The second kappa shape index (κ2) is 6.75. The van der Waals surface area contributed by atoms with Crippen LogP contribution in [0.15, 0.2) is 41.1 Å². The fourth-order valence-electron chi connectivity index (χ4n) is 4.44. The van der Waals surface area contributed by atoms with E-state index in [0.29, 0.717) is 33.2 Å². The van der Waals surface area contributed by atoms with Gasteiger partial charge in [0.1, 0.15) is 0 Å². The summed E-state index contributed by atoms with van der Waals surface area (Å²) in [6, 6.07) is 10.2. The summed E-state index contributed by atoms with van der Waals surface area (Å²) in [5.74, 6) is 1.23. The molecule has 28 heavy (non-hydrogen) atoms. The molecule has 1 aliphatic heterocycles. The van der Waals surface area contributed by atoms with Crippen molar-refractivity contribution in [1.29, 1.82) is 0 Å². The summed E-state index contributed by atoms with van der Waals surface area (Å²) < 4.78 is 5.54. The average molecular weight is 415 g/mol. The van der Waals surface area contributed by atoms with E-state index in [9.17, 15) is 0 Å². The minimum atomic E-state index is 0.380. The first kappa shape index (κ1) is 18.0. The van der Waals surface area contributed by atoms with Crippen molar-refractivity contribution < 1.29 is 4.52 Å². The number of anilines is 1. The van der Waals surface area contributed by atoms with Gasteiger partial charge >= 0.3 is 6.01 Å². The number of nitrogens with zero attached hydrogens (tertiary/aromatic N) is 4. The van der Waals surface area contributed by atoms with Crippen molar-refractivity contribution in [2.24, 2.45) is 11.3 Å². The Morgan fingerprint density at radius 1 is 1.21 bits per heavy atom. The van der Waals surface area contributed by atoms with Gasteiger partial charge in [-0.15, -0.1) is 0 Å². The van der Waals surface area contributed by atoms with E-state index in [1.165, 1.54) is 18.4 Å². The summed E-state index contributed by atoms with van der Waals surface area (Å²) in [4.78, 5) is 11.1. The molecule has 2 aliphatic rings. The van der Waals surface area contributed by atoms with Crippen molar-refractivity contribution in [2.75, 3.05) is 18.0 Å². The average Bonchev–Trinajstić information content (AvgIpc) is 3.01. The lowest BCUT2D eigenvalue weighted by molar-refractivity contribution is 0.415. The minimum absolute atomic E-state index is 0.380. The van der Waals surface area contributed by atoms with Gasteiger partial charge in [-0.2, -0.15) is 4.98 Å². The van der Waals surface area contributed by atoms with Crippen LogP contribution in [0.25, 0.3) is 11.4 Å². The van der Waals surface area contributed by atoms with Gasteiger partial charge in [-0.25, -0.2) is 0 Å². The van der Waals surface area contributed by atoms with E-state index in [0.717, 1.165) is 30.8 Å². The fraction of sp³-hybridized carbons (Fsp3) is 0.381. The fourth-order valence-corrected chi connectivity index (χ4v) is 4.97. The van der Waals surface area contributed by atoms with Crippen molar-refractivity contribution >= 4 is 29.2 Å². The third kappa shape index (κ3) is 3.38. The van der Waals surface area contributed by atoms with Gasteiger partial charge in [0.05, 0.1) is 0 Å². The molecule has 2 unspecified atom stereocenters. The first-order valence-electron chi connectivity index (χ1n) is 9.47. The molecule has 144 valence electrons. The van der Waals surface area contributed by atoms with Crippen LogP contribution < -0.4 is 4.90 Å². The monoisotopic (exact) mass is 414 g/mol.